The van der Waals surface area contributed by atoms with E-state index < -0.39 is 6.67 Å². The molecule has 1 aliphatic rings. The quantitative estimate of drug-likeness (QED) is 0.499. The second-order valence-electron chi connectivity index (χ2n) is 8.63. The number of aromatic nitrogens is 3. The average molecular weight is 426 g/mol. The number of nitrogens with two attached hydrogens (primary N) is 1. The number of hydrogen-bond acceptors (Lipinski definition) is 5. The SMILES string of the molecule is C[C@]1(N)CCN(c2c(-c3cccc(C#N)c3)cncc2-c2nc3c(CF)cccc3[nH]2)C1. The Labute approximate surface area is 185 Å². The maximum absolute atomic E-state index is 13.5. The molecule has 7 heteroatoms. The lowest BCUT2D eigenvalue weighted by atomic mass is 9.99. The fourth-order valence-electron chi connectivity index (χ4n) is 4.44. The summed E-state index contributed by atoms with van der Waals surface area (Å²) in [6.07, 6.45) is 4.46. The molecule has 1 aliphatic heterocycles. The van der Waals surface area contributed by atoms with Gasteiger partial charge >= 0.3 is 0 Å². The summed E-state index contributed by atoms with van der Waals surface area (Å²) in [5, 5.41) is 9.38. The Balaban J connectivity index is 1.74. The zero-order chi connectivity index (χ0) is 22.3. The predicted octanol–water partition coefficient (Wildman–Crippen LogP) is 4.56. The standard InChI is InChI=1S/C25H23FN6/c1-25(28)8-9-32(15-25)23-19(17-5-2-4-16(10-17)12-27)13-29-14-20(23)24-30-21-7-3-6-18(11-26)22(21)31-24/h2-7,10,13-14H,8-9,11,15,28H2,1H3,(H,30,31)/t25-/m0/s1. The molecule has 4 aromatic rings. The summed E-state index contributed by atoms with van der Waals surface area (Å²) in [6, 6.07) is 15.2. The van der Waals surface area contributed by atoms with Gasteiger partial charge in [0.1, 0.15) is 12.5 Å². The molecule has 0 unspecified atom stereocenters. The van der Waals surface area contributed by atoms with Crippen LogP contribution < -0.4 is 10.6 Å². The van der Waals surface area contributed by atoms with E-state index in [4.69, 9.17) is 10.7 Å². The number of benzene rings is 2. The molecule has 3 N–H and O–H groups in total. The van der Waals surface area contributed by atoms with Crippen molar-refractivity contribution >= 4 is 16.7 Å². The topological polar surface area (TPSA) is 94.6 Å². The van der Waals surface area contributed by atoms with Crippen LogP contribution in [0.3, 0.4) is 0 Å². The van der Waals surface area contributed by atoms with Gasteiger partial charge in [0.25, 0.3) is 0 Å². The Morgan fingerprint density at radius 2 is 2.03 bits per heavy atom. The largest absolute Gasteiger partial charge is 0.368 e. The Morgan fingerprint density at radius 3 is 2.78 bits per heavy atom. The lowest BCUT2D eigenvalue weighted by molar-refractivity contribution is 0.487. The van der Waals surface area contributed by atoms with Crippen LogP contribution in [-0.2, 0) is 6.67 Å². The summed E-state index contributed by atoms with van der Waals surface area (Å²) >= 11 is 0. The summed E-state index contributed by atoms with van der Waals surface area (Å²) in [6.45, 7) is 2.96. The zero-order valence-corrected chi connectivity index (χ0v) is 17.8. The zero-order valence-electron chi connectivity index (χ0n) is 17.8. The molecule has 2 aromatic heterocycles. The van der Waals surface area contributed by atoms with E-state index >= 15 is 0 Å². The van der Waals surface area contributed by atoms with Crippen molar-refractivity contribution in [2.45, 2.75) is 25.6 Å². The maximum atomic E-state index is 13.5. The molecule has 1 atom stereocenters. The third kappa shape index (κ3) is 3.49. The van der Waals surface area contributed by atoms with E-state index in [1.807, 2.05) is 36.5 Å². The number of nitrogens with one attached hydrogen (secondary N) is 1. The average Bonchev–Trinajstić information content (AvgIpc) is 3.41. The van der Waals surface area contributed by atoms with Crippen LogP contribution in [0, 0.1) is 11.3 Å². The number of hydrogen-bond donors (Lipinski definition) is 2. The van der Waals surface area contributed by atoms with Crippen LogP contribution in [0.15, 0.2) is 54.9 Å². The number of fused-ring (bicyclic) bond motifs is 1. The van der Waals surface area contributed by atoms with Crippen LogP contribution in [-0.4, -0.2) is 33.6 Å². The number of imidazole rings is 1. The van der Waals surface area contributed by atoms with Crippen molar-refractivity contribution in [3.63, 3.8) is 0 Å². The van der Waals surface area contributed by atoms with E-state index in [9.17, 15) is 9.65 Å². The second-order valence-corrected chi connectivity index (χ2v) is 8.63. The summed E-state index contributed by atoms with van der Waals surface area (Å²) in [5.74, 6) is 0.632. The second kappa shape index (κ2) is 7.74. The van der Waals surface area contributed by atoms with Crippen molar-refractivity contribution in [1.29, 1.82) is 5.26 Å². The Hall–Kier alpha value is -3.76. The molecule has 0 saturated carbocycles. The number of anilines is 1. The first-order valence-corrected chi connectivity index (χ1v) is 10.6. The highest BCUT2D eigenvalue weighted by atomic mass is 19.1. The molecule has 1 fully saturated rings. The molecule has 5 rings (SSSR count). The number of halogens is 1. The molecule has 0 amide bonds. The predicted molar refractivity (Wildman–Crippen MR) is 124 cm³/mol. The molecular formula is C25H23FN6. The minimum absolute atomic E-state index is 0.304. The van der Waals surface area contributed by atoms with Crippen LogP contribution in [0.25, 0.3) is 33.5 Å². The molecule has 2 aromatic carbocycles. The van der Waals surface area contributed by atoms with Gasteiger partial charge in [0.2, 0.25) is 0 Å². The lowest BCUT2D eigenvalue weighted by Crippen LogP contribution is -2.39. The highest BCUT2D eigenvalue weighted by molar-refractivity contribution is 5.91. The van der Waals surface area contributed by atoms with Crippen LogP contribution in [0.2, 0.25) is 0 Å². The molecule has 3 heterocycles. The van der Waals surface area contributed by atoms with Crippen LogP contribution in [0.4, 0.5) is 10.1 Å². The number of nitrogens with zero attached hydrogens (tertiary/aromatic N) is 4. The number of nitriles is 1. The normalized spacial score (nSPS) is 18.2. The first-order chi connectivity index (χ1) is 15.5. The van der Waals surface area contributed by atoms with E-state index in [-0.39, 0.29) is 5.54 Å². The van der Waals surface area contributed by atoms with E-state index in [1.165, 1.54) is 0 Å². The van der Waals surface area contributed by atoms with Gasteiger partial charge in [-0.3, -0.25) is 4.98 Å². The summed E-state index contributed by atoms with van der Waals surface area (Å²) < 4.78 is 13.5. The number of pyridine rings is 1. The first-order valence-electron chi connectivity index (χ1n) is 10.6. The van der Waals surface area contributed by atoms with Gasteiger partial charge in [0.15, 0.2) is 0 Å². The molecule has 1 saturated heterocycles. The van der Waals surface area contributed by atoms with Crippen molar-refractivity contribution in [2.75, 3.05) is 18.0 Å². The van der Waals surface area contributed by atoms with Crippen LogP contribution in [0.5, 0.6) is 0 Å². The van der Waals surface area contributed by atoms with E-state index in [1.54, 1.807) is 18.3 Å². The van der Waals surface area contributed by atoms with Crippen LogP contribution in [0.1, 0.15) is 24.5 Å². The van der Waals surface area contributed by atoms with Gasteiger partial charge in [-0.1, -0.05) is 24.3 Å². The van der Waals surface area contributed by atoms with Crippen molar-refractivity contribution in [3.8, 4) is 28.6 Å². The number of rotatable bonds is 4. The monoisotopic (exact) mass is 426 g/mol. The molecule has 0 spiro atoms. The molecule has 0 bridgehead atoms. The van der Waals surface area contributed by atoms with Gasteiger partial charge in [-0.25, -0.2) is 9.37 Å². The molecular weight excluding hydrogens is 403 g/mol. The number of H-pyrrole nitrogens is 1. The van der Waals surface area contributed by atoms with Gasteiger partial charge in [-0.15, -0.1) is 0 Å². The van der Waals surface area contributed by atoms with E-state index in [0.29, 0.717) is 29.0 Å². The Bertz CT molecular complexity index is 1350. The van der Waals surface area contributed by atoms with Gasteiger partial charge in [-0.05, 0) is 37.1 Å². The lowest BCUT2D eigenvalue weighted by Gasteiger charge is -2.26. The molecule has 0 aliphatic carbocycles. The number of para-hydroxylation sites is 1. The van der Waals surface area contributed by atoms with Gasteiger partial charge in [0.05, 0.1) is 33.9 Å². The third-order valence-electron chi connectivity index (χ3n) is 6.04. The van der Waals surface area contributed by atoms with Gasteiger partial charge in [-0.2, -0.15) is 5.26 Å². The fourth-order valence-corrected chi connectivity index (χ4v) is 4.44. The fraction of sp³-hybridized carbons (Fsp3) is 0.240. The minimum Gasteiger partial charge on any atom is -0.368 e. The first kappa shape index (κ1) is 20.2. The molecule has 6 nitrogen and oxygen atoms in total. The number of aromatic amines is 1. The highest BCUT2D eigenvalue weighted by Crippen LogP contribution is 2.41. The molecule has 0 radical (unpaired) electrons. The molecule has 160 valence electrons. The Kier molecular flexibility index (Phi) is 4.87. The maximum Gasteiger partial charge on any atom is 0.142 e. The summed E-state index contributed by atoms with van der Waals surface area (Å²) in [7, 11) is 0. The van der Waals surface area contributed by atoms with E-state index in [0.717, 1.165) is 40.9 Å². The van der Waals surface area contributed by atoms with Crippen molar-refractivity contribution in [1.82, 2.24) is 15.0 Å². The summed E-state index contributed by atoms with van der Waals surface area (Å²) in [5.41, 5.74) is 12.3. The van der Waals surface area contributed by atoms with E-state index in [2.05, 4.69) is 27.9 Å². The molecule has 32 heavy (non-hydrogen) atoms. The third-order valence-corrected chi connectivity index (χ3v) is 6.04. The smallest absolute Gasteiger partial charge is 0.142 e. The van der Waals surface area contributed by atoms with Crippen molar-refractivity contribution < 1.29 is 4.39 Å². The van der Waals surface area contributed by atoms with Crippen molar-refractivity contribution in [3.05, 3.63) is 66.0 Å². The minimum atomic E-state index is -0.578. The van der Waals surface area contributed by atoms with Gasteiger partial charge < -0.3 is 15.6 Å². The highest BCUT2D eigenvalue weighted by Gasteiger charge is 2.33. The van der Waals surface area contributed by atoms with Crippen LogP contribution >= 0.6 is 0 Å². The number of alkyl halides is 1. The summed E-state index contributed by atoms with van der Waals surface area (Å²) in [4.78, 5) is 14.8. The van der Waals surface area contributed by atoms with Gasteiger partial charge in [0, 0.05) is 42.1 Å². The van der Waals surface area contributed by atoms with Crippen molar-refractivity contribution in [2.24, 2.45) is 5.73 Å². The Morgan fingerprint density at radius 1 is 1.22 bits per heavy atom.